The van der Waals surface area contributed by atoms with E-state index in [1.165, 1.54) is 6.33 Å². The molecule has 1 aromatic heterocycles. The van der Waals surface area contributed by atoms with E-state index in [0.717, 1.165) is 29.8 Å². The predicted octanol–water partition coefficient (Wildman–Crippen LogP) is 1.67. The van der Waals surface area contributed by atoms with E-state index >= 15 is 0 Å². The number of hydrogen-bond acceptors (Lipinski definition) is 6. The summed E-state index contributed by atoms with van der Waals surface area (Å²) in [6.07, 6.45) is 2.53. The second kappa shape index (κ2) is 7.50. The van der Waals surface area contributed by atoms with Gasteiger partial charge >= 0.3 is 0 Å². The van der Waals surface area contributed by atoms with E-state index in [4.69, 9.17) is 5.84 Å². The fourth-order valence-electron chi connectivity index (χ4n) is 1.39. The Bertz CT molecular complexity index is 371. The van der Waals surface area contributed by atoms with Gasteiger partial charge in [-0.3, -0.25) is 0 Å². The van der Waals surface area contributed by atoms with Crippen molar-refractivity contribution >= 4 is 27.6 Å². The Labute approximate surface area is 116 Å². The molecule has 7 heteroatoms. The van der Waals surface area contributed by atoms with Gasteiger partial charge in [-0.25, -0.2) is 15.8 Å². The maximum absolute atomic E-state index is 5.34. The zero-order chi connectivity index (χ0) is 13.5. The number of hydrogen-bond donors (Lipinski definition) is 3. The van der Waals surface area contributed by atoms with Crippen molar-refractivity contribution in [3.8, 4) is 0 Å². The highest BCUT2D eigenvalue weighted by atomic mass is 79.9. The molecule has 0 fully saturated rings. The highest BCUT2D eigenvalue weighted by molar-refractivity contribution is 9.10. The number of halogens is 1. The van der Waals surface area contributed by atoms with Crippen molar-refractivity contribution in [2.75, 3.05) is 30.9 Å². The normalized spacial score (nSPS) is 11.1. The van der Waals surface area contributed by atoms with Crippen LogP contribution in [-0.4, -0.2) is 41.0 Å². The summed E-state index contributed by atoms with van der Waals surface area (Å²) in [6.45, 7) is 6.29. The third-order valence-corrected chi connectivity index (χ3v) is 3.54. The highest BCUT2D eigenvalue weighted by Gasteiger charge is 2.07. The number of nitrogens with two attached hydrogens (primary N) is 1. The van der Waals surface area contributed by atoms with Crippen LogP contribution in [0.15, 0.2) is 10.8 Å². The molecule has 1 heterocycles. The van der Waals surface area contributed by atoms with Gasteiger partial charge in [0.25, 0.3) is 0 Å². The van der Waals surface area contributed by atoms with Crippen molar-refractivity contribution in [1.29, 1.82) is 0 Å². The zero-order valence-electron chi connectivity index (χ0n) is 11.1. The third kappa shape index (κ3) is 4.40. The number of hydrazine groups is 1. The lowest BCUT2D eigenvalue weighted by atomic mass is 10.3. The van der Waals surface area contributed by atoms with Gasteiger partial charge in [0.2, 0.25) is 0 Å². The van der Waals surface area contributed by atoms with Gasteiger partial charge < -0.3 is 15.6 Å². The van der Waals surface area contributed by atoms with Crippen LogP contribution in [0.3, 0.4) is 0 Å². The Morgan fingerprint density at radius 1 is 1.39 bits per heavy atom. The standard InChI is InChI=1S/C11H21BrN6/c1-8(2)18(3)6-4-5-14-10-9(12)11(17-13)16-7-15-10/h7-8H,4-6,13H2,1-3H3,(H2,14,15,16,17). The van der Waals surface area contributed by atoms with E-state index in [2.05, 4.69) is 62.4 Å². The van der Waals surface area contributed by atoms with Crippen LogP contribution in [0, 0.1) is 0 Å². The van der Waals surface area contributed by atoms with E-state index in [9.17, 15) is 0 Å². The zero-order valence-corrected chi connectivity index (χ0v) is 12.7. The first-order chi connectivity index (χ1) is 8.56. The van der Waals surface area contributed by atoms with Gasteiger partial charge in [-0.15, -0.1) is 0 Å². The molecule has 0 amide bonds. The molecule has 1 aromatic rings. The van der Waals surface area contributed by atoms with Crippen LogP contribution >= 0.6 is 15.9 Å². The predicted molar refractivity (Wildman–Crippen MR) is 78.4 cm³/mol. The van der Waals surface area contributed by atoms with Crippen molar-refractivity contribution in [2.24, 2.45) is 5.84 Å². The summed E-state index contributed by atoms with van der Waals surface area (Å²) in [5, 5.41) is 3.26. The molecule has 1 rings (SSSR count). The molecule has 0 aromatic carbocycles. The summed E-state index contributed by atoms with van der Waals surface area (Å²) in [7, 11) is 2.13. The Hall–Kier alpha value is -0.920. The molecule has 0 radical (unpaired) electrons. The first-order valence-electron chi connectivity index (χ1n) is 5.97. The molecule has 0 spiro atoms. The topological polar surface area (TPSA) is 79.1 Å². The smallest absolute Gasteiger partial charge is 0.159 e. The first-order valence-corrected chi connectivity index (χ1v) is 6.76. The lowest BCUT2D eigenvalue weighted by Crippen LogP contribution is -2.28. The van der Waals surface area contributed by atoms with Crippen molar-refractivity contribution in [3.63, 3.8) is 0 Å². The highest BCUT2D eigenvalue weighted by Crippen LogP contribution is 2.25. The Morgan fingerprint density at radius 2 is 2.06 bits per heavy atom. The molecule has 0 bridgehead atoms. The number of nitrogen functional groups attached to an aromatic ring is 1. The van der Waals surface area contributed by atoms with E-state index in [1.54, 1.807) is 0 Å². The second-order valence-electron chi connectivity index (χ2n) is 4.38. The Morgan fingerprint density at radius 3 is 2.67 bits per heavy atom. The molecule has 18 heavy (non-hydrogen) atoms. The van der Waals surface area contributed by atoms with Gasteiger partial charge in [-0.2, -0.15) is 0 Å². The van der Waals surface area contributed by atoms with Crippen molar-refractivity contribution in [3.05, 3.63) is 10.8 Å². The maximum atomic E-state index is 5.34. The lowest BCUT2D eigenvalue weighted by Gasteiger charge is -2.20. The van der Waals surface area contributed by atoms with Crippen LogP contribution in [-0.2, 0) is 0 Å². The number of rotatable bonds is 7. The summed E-state index contributed by atoms with van der Waals surface area (Å²) in [5.41, 5.74) is 2.51. The minimum absolute atomic E-state index is 0.573. The molecule has 0 atom stereocenters. The van der Waals surface area contributed by atoms with Gasteiger partial charge in [-0.05, 0) is 49.8 Å². The average Bonchev–Trinajstić information content (AvgIpc) is 2.35. The van der Waals surface area contributed by atoms with Gasteiger partial charge in [0.05, 0.1) is 0 Å². The van der Waals surface area contributed by atoms with Gasteiger partial charge in [0.1, 0.15) is 16.6 Å². The van der Waals surface area contributed by atoms with Crippen molar-refractivity contribution in [1.82, 2.24) is 14.9 Å². The molecule has 102 valence electrons. The monoisotopic (exact) mass is 316 g/mol. The van der Waals surface area contributed by atoms with Crippen LogP contribution in [0.25, 0.3) is 0 Å². The summed E-state index contributed by atoms with van der Waals surface area (Å²) in [6, 6.07) is 0.573. The Balaban J connectivity index is 2.40. The molecule has 0 aliphatic heterocycles. The quantitative estimate of drug-likeness (QED) is 0.403. The van der Waals surface area contributed by atoms with Crippen LogP contribution in [0.1, 0.15) is 20.3 Å². The van der Waals surface area contributed by atoms with E-state index in [-0.39, 0.29) is 0 Å². The van der Waals surface area contributed by atoms with E-state index in [1.807, 2.05) is 0 Å². The maximum Gasteiger partial charge on any atom is 0.159 e. The summed E-state index contributed by atoms with van der Waals surface area (Å²) >= 11 is 3.41. The minimum Gasteiger partial charge on any atom is -0.369 e. The molecule has 0 saturated carbocycles. The van der Waals surface area contributed by atoms with Crippen LogP contribution in [0.4, 0.5) is 11.6 Å². The summed E-state index contributed by atoms with van der Waals surface area (Å²) < 4.78 is 0.754. The summed E-state index contributed by atoms with van der Waals surface area (Å²) in [5.74, 6) is 6.67. The molecule has 0 aliphatic carbocycles. The molecule has 0 aliphatic rings. The van der Waals surface area contributed by atoms with Crippen molar-refractivity contribution in [2.45, 2.75) is 26.3 Å². The molecular formula is C11H21BrN6. The first kappa shape index (κ1) is 15.1. The second-order valence-corrected chi connectivity index (χ2v) is 5.18. The third-order valence-electron chi connectivity index (χ3n) is 2.79. The minimum atomic E-state index is 0.573. The van der Waals surface area contributed by atoms with Crippen LogP contribution in [0.2, 0.25) is 0 Å². The molecule has 6 nitrogen and oxygen atoms in total. The van der Waals surface area contributed by atoms with E-state index in [0.29, 0.717) is 11.9 Å². The number of nitrogens with one attached hydrogen (secondary N) is 2. The molecule has 4 N–H and O–H groups in total. The fraction of sp³-hybridized carbons (Fsp3) is 0.636. The van der Waals surface area contributed by atoms with E-state index < -0.39 is 0 Å². The van der Waals surface area contributed by atoms with Crippen LogP contribution < -0.4 is 16.6 Å². The number of aromatic nitrogens is 2. The van der Waals surface area contributed by atoms with Gasteiger partial charge in [-0.1, -0.05) is 0 Å². The summed E-state index contributed by atoms with van der Waals surface area (Å²) in [4.78, 5) is 10.5. The Kier molecular flexibility index (Phi) is 6.31. The fourth-order valence-corrected chi connectivity index (χ4v) is 1.85. The average molecular weight is 317 g/mol. The number of nitrogens with zero attached hydrogens (tertiary/aromatic N) is 3. The largest absolute Gasteiger partial charge is 0.369 e. The SMILES string of the molecule is CC(C)N(C)CCCNc1ncnc(NN)c1Br. The molecule has 0 saturated heterocycles. The molecular weight excluding hydrogens is 296 g/mol. The van der Waals surface area contributed by atoms with Crippen molar-refractivity contribution < 1.29 is 0 Å². The molecule has 0 unspecified atom stereocenters. The number of anilines is 2. The van der Waals surface area contributed by atoms with Crippen LogP contribution in [0.5, 0.6) is 0 Å². The lowest BCUT2D eigenvalue weighted by molar-refractivity contribution is 0.273. The van der Waals surface area contributed by atoms with Gasteiger partial charge in [0.15, 0.2) is 5.82 Å². The van der Waals surface area contributed by atoms with Gasteiger partial charge in [0, 0.05) is 12.6 Å².